The highest BCUT2D eigenvalue weighted by Gasteiger charge is 2.20. The first-order valence-electron chi connectivity index (χ1n) is 9.42. The third-order valence-corrected chi connectivity index (χ3v) is 6.11. The minimum absolute atomic E-state index is 0.0739. The lowest BCUT2D eigenvalue weighted by molar-refractivity contribution is 0.0704. The number of carboxylic acid groups (broad SMARTS) is 1. The average molecular weight is 457 g/mol. The van der Waals surface area contributed by atoms with E-state index in [1.54, 1.807) is 6.07 Å². The van der Waals surface area contributed by atoms with Crippen LogP contribution in [0.1, 0.15) is 34.7 Å². The highest BCUT2D eigenvalue weighted by Crippen LogP contribution is 2.29. The molecule has 2 heterocycles. The Morgan fingerprint density at radius 1 is 1.23 bits per heavy atom. The molecule has 158 valence electrons. The highest BCUT2D eigenvalue weighted by atomic mass is 35.5. The van der Waals surface area contributed by atoms with Crippen LogP contribution < -0.4 is 16.0 Å². The number of fused-ring (bicyclic) bond motifs is 1. The van der Waals surface area contributed by atoms with E-state index in [4.69, 9.17) is 16.3 Å². The maximum atomic E-state index is 13.1. The van der Waals surface area contributed by atoms with Crippen molar-refractivity contribution in [1.29, 1.82) is 0 Å². The Morgan fingerprint density at radius 2 is 1.97 bits per heavy atom. The zero-order valence-corrected chi connectivity index (χ0v) is 17.9. The summed E-state index contributed by atoms with van der Waals surface area (Å²) in [7, 11) is 0. The first-order valence-corrected chi connectivity index (χ1v) is 10.7. The van der Waals surface area contributed by atoms with Crippen molar-refractivity contribution in [2.45, 2.75) is 19.4 Å². The van der Waals surface area contributed by atoms with Crippen LogP contribution in [-0.2, 0) is 0 Å². The fraction of sp³-hybridized carbons (Fsp3) is 0.136. The molecule has 1 atom stereocenters. The van der Waals surface area contributed by atoms with E-state index >= 15 is 0 Å². The van der Waals surface area contributed by atoms with Crippen molar-refractivity contribution in [2.75, 3.05) is 0 Å². The highest BCUT2D eigenvalue weighted by molar-refractivity contribution is 7.13. The molecular weight excluding hydrogens is 440 g/mol. The molecule has 0 saturated heterocycles. The van der Waals surface area contributed by atoms with Crippen LogP contribution in [0, 0.1) is 0 Å². The van der Waals surface area contributed by atoms with Crippen molar-refractivity contribution in [3.8, 4) is 11.4 Å². The van der Waals surface area contributed by atoms with Crippen LogP contribution >= 0.6 is 22.9 Å². The van der Waals surface area contributed by atoms with E-state index < -0.39 is 17.2 Å². The van der Waals surface area contributed by atoms with E-state index in [0.29, 0.717) is 12.2 Å². The van der Waals surface area contributed by atoms with Gasteiger partial charge in [-0.25, -0.2) is 14.2 Å². The molecule has 0 spiro atoms. The van der Waals surface area contributed by atoms with Crippen molar-refractivity contribution >= 4 is 39.8 Å². The van der Waals surface area contributed by atoms with E-state index in [0.717, 1.165) is 21.5 Å². The van der Waals surface area contributed by atoms with Crippen LogP contribution in [0.3, 0.4) is 0 Å². The first kappa shape index (κ1) is 20.9. The van der Waals surface area contributed by atoms with Crippen LogP contribution in [0.4, 0.5) is 0 Å². The zero-order chi connectivity index (χ0) is 22.1. The van der Waals surface area contributed by atoms with E-state index in [-0.39, 0.29) is 32.6 Å². The van der Waals surface area contributed by atoms with Crippen molar-refractivity contribution in [1.82, 2.24) is 9.55 Å². The molecule has 9 heteroatoms. The Bertz CT molecular complexity index is 1390. The number of hydrogen-bond acceptors (Lipinski definition) is 5. The molecule has 0 aliphatic heterocycles. The Hall–Kier alpha value is -3.36. The summed E-state index contributed by atoms with van der Waals surface area (Å²) in [5.41, 5.74) is -0.208. The number of thiophene rings is 1. The number of carboxylic acids is 1. The number of halogens is 1. The lowest BCUT2D eigenvalue weighted by atomic mass is 10.1. The van der Waals surface area contributed by atoms with Gasteiger partial charge in [-0.15, -0.1) is 11.3 Å². The van der Waals surface area contributed by atoms with E-state index in [1.165, 1.54) is 17.5 Å². The molecule has 31 heavy (non-hydrogen) atoms. The Balaban J connectivity index is 1.83. The van der Waals surface area contributed by atoms with E-state index in [1.807, 2.05) is 37.3 Å². The molecule has 0 aliphatic carbocycles. The SMILES string of the molecule is CCC(Oc1ccc(Cl)c(-n2c(=O)[nH]c3csc(C(=O)O)c3c2=O)c1)c1ccccc1. The summed E-state index contributed by atoms with van der Waals surface area (Å²) in [5.74, 6) is -0.821. The molecule has 4 aromatic rings. The van der Waals surface area contributed by atoms with E-state index in [9.17, 15) is 19.5 Å². The maximum Gasteiger partial charge on any atom is 0.346 e. The van der Waals surface area contributed by atoms with Gasteiger partial charge in [0.15, 0.2) is 0 Å². The molecule has 0 fully saturated rings. The van der Waals surface area contributed by atoms with Crippen molar-refractivity contribution in [3.05, 3.63) is 90.2 Å². The van der Waals surface area contributed by atoms with Gasteiger partial charge >= 0.3 is 11.7 Å². The molecule has 2 N–H and O–H groups in total. The summed E-state index contributed by atoms with van der Waals surface area (Å²) in [6, 6.07) is 14.4. The molecule has 2 aromatic heterocycles. The maximum absolute atomic E-state index is 13.1. The predicted octanol–water partition coefficient (Wildman–Crippen LogP) is 4.62. The number of hydrogen-bond donors (Lipinski definition) is 2. The van der Waals surface area contributed by atoms with Crippen molar-refractivity contribution in [2.24, 2.45) is 0 Å². The fourth-order valence-corrected chi connectivity index (χ4v) is 4.40. The lowest BCUT2D eigenvalue weighted by Crippen LogP contribution is -2.34. The van der Waals surface area contributed by atoms with Gasteiger partial charge in [0.25, 0.3) is 5.56 Å². The number of carbonyl (C=O) groups is 1. The molecule has 0 bridgehead atoms. The van der Waals surface area contributed by atoms with Crippen molar-refractivity contribution in [3.63, 3.8) is 0 Å². The van der Waals surface area contributed by atoms with E-state index in [2.05, 4.69) is 4.98 Å². The molecule has 7 nitrogen and oxygen atoms in total. The number of rotatable bonds is 6. The molecular formula is C22H17ClN2O5S. The van der Waals surface area contributed by atoms with Gasteiger partial charge in [0.05, 0.1) is 21.6 Å². The standard InChI is InChI=1S/C22H17ClN2O5S/c1-2-17(12-6-4-3-5-7-12)30-13-8-9-14(23)16(10-13)25-20(26)18-15(24-22(25)29)11-31-19(18)21(27)28/h3-11,17H,2H2,1H3,(H,24,29)(H,27,28). The summed E-state index contributed by atoms with van der Waals surface area (Å²) >= 11 is 7.18. The fourth-order valence-electron chi connectivity index (χ4n) is 3.37. The number of aromatic carboxylic acids is 1. The number of benzene rings is 2. The molecule has 2 aromatic carbocycles. The Labute approximate surface area is 185 Å². The number of nitrogens with one attached hydrogen (secondary N) is 1. The summed E-state index contributed by atoms with van der Waals surface area (Å²) in [6.07, 6.45) is 0.467. The number of aromatic nitrogens is 2. The van der Waals surface area contributed by atoms with Gasteiger partial charge in [0, 0.05) is 11.4 Å². The number of aromatic amines is 1. The summed E-state index contributed by atoms with van der Waals surface area (Å²) in [4.78, 5) is 39.6. The average Bonchev–Trinajstić information content (AvgIpc) is 3.19. The van der Waals surface area contributed by atoms with Crippen LogP contribution in [0.15, 0.2) is 63.5 Å². The molecule has 0 radical (unpaired) electrons. The summed E-state index contributed by atoms with van der Waals surface area (Å²) < 4.78 is 6.94. The largest absolute Gasteiger partial charge is 0.486 e. The van der Waals surface area contributed by atoms with Crippen LogP contribution in [-0.4, -0.2) is 20.6 Å². The van der Waals surface area contributed by atoms with Crippen molar-refractivity contribution < 1.29 is 14.6 Å². The second-order valence-electron chi connectivity index (χ2n) is 6.77. The Morgan fingerprint density at radius 3 is 2.65 bits per heavy atom. The van der Waals surface area contributed by atoms with Gasteiger partial charge in [-0.3, -0.25) is 4.79 Å². The van der Waals surface area contributed by atoms with Crippen LogP contribution in [0.2, 0.25) is 5.02 Å². The zero-order valence-electron chi connectivity index (χ0n) is 16.3. The quantitative estimate of drug-likeness (QED) is 0.440. The molecule has 0 aliphatic rings. The second-order valence-corrected chi connectivity index (χ2v) is 8.05. The predicted molar refractivity (Wildman–Crippen MR) is 120 cm³/mol. The summed E-state index contributed by atoms with van der Waals surface area (Å²) in [6.45, 7) is 1.99. The van der Waals surface area contributed by atoms with Crippen LogP contribution in [0.5, 0.6) is 5.75 Å². The molecule has 0 saturated carbocycles. The minimum atomic E-state index is -1.24. The van der Waals surface area contributed by atoms with Gasteiger partial charge in [0.1, 0.15) is 16.7 Å². The monoisotopic (exact) mass is 456 g/mol. The second kappa shape index (κ2) is 8.41. The first-order chi connectivity index (χ1) is 14.9. The topological polar surface area (TPSA) is 101 Å². The van der Waals surface area contributed by atoms with Gasteiger partial charge in [-0.1, -0.05) is 48.9 Å². The molecule has 4 rings (SSSR count). The number of H-pyrrole nitrogens is 1. The van der Waals surface area contributed by atoms with Gasteiger partial charge in [-0.05, 0) is 24.1 Å². The van der Waals surface area contributed by atoms with Crippen LogP contribution in [0.25, 0.3) is 16.6 Å². The van der Waals surface area contributed by atoms with Gasteiger partial charge in [0.2, 0.25) is 0 Å². The normalized spacial score (nSPS) is 12.1. The Kier molecular flexibility index (Phi) is 5.67. The number of ether oxygens (including phenoxy) is 1. The molecule has 0 amide bonds. The summed E-state index contributed by atoms with van der Waals surface area (Å²) in [5, 5.41) is 10.9. The third-order valence-electron chi connectivity index (χ3n) is 4.83. The van der Waals surface area contributed by atoms with Gasteiger partial charge in [-0.2, -0.15) is 0 Å². The number of nitrogens with zero attached hydrogens (tertiary/aromatic N) is 1. The smallest absolute Gasteiger partial charge is 0.346 e. The third kappa shape index (κ3) is 3.87. The van der Waals surface area contributed by atoms with Gasteiger partial charge < -0.3 is 14.8 Å². The lowest BCUT2D eigenvalue weighted by Gasteiger charge is -2.19. The molecule has 1 unspecified atom stereocenters. The minimum Gasteiger partial charge on any atom is -0.486 e.